The zero-order chi connectivity index (χ0) is 6.91. The molecule has 2 nitrogen and oxygen atoms in total. The molecule has 1 atom stereocenters. The maximum absolute atomic E-state index is 5.79. The molecule has 0 bridgehead atoms. The summed E-state index contributed by atoms with van der Waals surface area (Å²) in [7, 11) is 0. The van der Waals surface area contributed by atoms with Gasteiger partial charge in [-0.05, 0) is 26.7 Å². The van der Waals surface area contributed by atoms with Gasteiger partial charge in [0.2, 0.25) is 0 Å². The van der Waals surface area contributed by atoms with Crippen molar-refractivity contribution < 1.29 is 4.74 Å². The van der Waals surface area contributed by atoms with Crippen molar-refractivity contribution >= 4 is 0 Å². The van der Waals surface area contributed by atoms with Crippen LogP contribution in [0.2, 0.25) is 0 Å². The molecule has 1 aliphatic rings. The van der Waals surface area contributed by atoms with E-state index in [0.29, 0.717) is 0 Å². The SMILES string of the molecule is CC1(C)OCCCC1N. The molecule has 0 radical (unpaired) electrons. The highest BCUT2D eigenvalue weighted by Gasteiger charge is 2.29. The smallest absolute Gasteiger partial charge is 0.0776 e. The van der Waals surface area contributed by atoms with Crippen LogP contribution in [0.25, 0.3) is 0 Å². The van der Waals surface area contributed by atoms with Gasteiger partial charge in [-0.1, -0.05) is 0 Å². The van der Waals surface area contributed by atoms with E-state index >= 15 is 0 Å². The van der Waals surface area contributed by atoms with E-state index < -0.39 is 0 Å². The lowest BCUT2D eigenvalue weighted by Gasteiger charge is -2.35. The van der Waals surface area contributed by atoms with Gasteiger partial charge in [0, 0.05) is 12.6 Å². The number of hydrogen-bond donors (Lipinski definition) is 1. The van der Waals surface area contributed by atoms with Crippen LogP contribution in [-0.2, 0) is 4.74 Å². The minimum absolute atomic E-state index is 0.0851. The molecule has 0 aromatic carbocycles. The number of hydrogen-bond acceptors (Lipinski definition) is 2. The summed E-state index contributed by atoms with van der Waals surface area (Å²) in [5.41, 5.74) is 5.70. The Morgan fingerprint density at radius 3 is 2.56 bits per heavy atom. The Morgan fingerprint density at radius 1 is 1.56 bits per heavy atom. The number of ether oxygens (including phenoxy) is 1. The molecule has 0 aromatic heterocycles. The molecule has 1 saturated heterocycles. The summed E-state index contributed by atoms with van der Waals surface area (Å²) in [6.07, 6.45) is 2.22. The van der Waals surface area contributed by atoms with Crippen molar-refractivity contribution in [1.82, 2.24) is 0 Å². The minimum Gasteiger partial charge on any atom is -0.374 e. The standard InChI is InChI=1S/C7H15NO/c1-7(2)6(8)4-3-5-9-7/h6H,3-5,8H2,1-2H3. The van der Waals surface area contributed by atoms with Gasteiger partial charge in [0.1, 0.15) is 0 Å². The molecule has 0 spiro atoms. The van der Waals surface area contributed by atoms with Crippen molar-refractivity contribution in [3.63, 3.8) is 0 Å². The van der Waals surface area contributed by atoms with E-state index in [9.17, 15) is 0 Å². The van der Waals surface area contributed by atoms with E-state index in [1.54, 1.807) is 0 Å². The van der Waals surface area contributed by atoms with Crippen LogP contribution in [0.4, 0.5) is 0 Å². The van der Waals surface area contributed by atoms with Gasteiger partial charge in [0.15, 0.2) is 0 Å². The van der Waals surface area contributed by atoms with Crippen LogP contribution in [0, 0.1) is 0 Å². The molecule has 0 aliphatic carbocycles. The summed E-state index contributed by atoms with van der Waals surface area (Å²) < 4.78 is 5.45. The average Bonchev–Trinajstić information content (AvgIpc) is 1.77. The first kappa shape index (κ1) is 7.03. The molecule has 2 N–H and O–H groups in total. The largest absolute Gasteiger partial charge is 0.374 e. The molecular weight excluding hydrogens is 114 g/mol. The topological polar surface area (TPSA) is 35.2 Å². The van der Waals surface area contributed by atoms with Gasteiger partial charge in [-0.15, -0.1) is 0 Å². The molecular formula is C7H15NO. The third-order valence-electron chi connectivity index (χ3n) is 2.03. The Labute approximate surface area is 56.4 Å². The number of rotatable bonds is 0. The van der Waals surface area contributed by atoms with E-state index in [1.807, 2.05) is 0 Å². The highest BCUT2D eigenvalue weighted by Crippen LogP contribution is 2.21. The Bertz CT molecular complexity index is 101. The number of nitrogens with two attached hydrogens (primary N) is 1. The lowest BCUT2D eigenvalue weighted by Crippen LogP contribution is -2.48. The first-order valence-electron chi connectivity index (χ1n) is 3.52. The van der Waals surface area contributed by atoms with Gasteiger partial charge in [-0.25, -0.2) is 0 Å². The highest BCUT2D eigenvalue weighted by molar-refractivity contribution is 4.85. The van der Waals surface area contributed by atoms with Crippen LogP contribution in [0.5, 0.6) is 0 Å². The zero-order valence-corrected chi connectivity index (χ0v) is 6.18. The molecule has 0 saturated carbocycles. The van der Waals surface area contributed by atoms with Crippen LogP contribution in [-0.4, -0.2) is 18.2 Å². The summed E-state index contributed by atoms with van der Waals surface area (Å²) in [6.45, 7) is 4.98. The van der Waals surface area contributed by atoms with Gasteiger partial charge >= 0.3 is 0 Å². The molecule has 1 heterocycles. The van der Waals surface area contributed by atoms with Gasteiger partial charge in [0.25, 0.3) is 0 Å². The van der Waals surface area contributed by atoms with Gasteiger partial charge in [-0.2, -0.15) is 0 Å². The van der Waals surface area contributed by atoms with Gasteiger partial charge in [0.05, 0.1) is 5.60 Å². The predicted octanol–water partition coefficient (Wildman–Crippen LogP) is 0.903. The normalized spacial score (nSPS) is 34.3. The zero-order valence-electron chi connectivity index (χ0n) is 6.18. The van der Waals surface area contributed by atoms with Gasteiger partial charge in [-0.3, -0.25) is 0 Å². The fourth-order valence-corrected chi connectivity index (χ4v) is 1.09. The second-order valence-corrected chi connectivity index (χ2v) is 3.20. The van der Waals surface area contributed by atoms with Crippen molar-refractivity contribution in [3.05, 3.63) is 0 Å². The van der Waals surface area contributed by atoms with E-state index in [1.165, 1.54) is 0 Å². The molecule has 0 amide bonds. The molecule has 1 aliphatic heterocycles. The maximum Gasteiger partial charge on any atom is 0.0776 e. The Morgan fingerprint density at radius 2 is 2.22 bits per heavy atom. The van der Waals surface area contributed by atoms with Crippen LogP contribution in [0.3, 0.4) is 0 Å². The summed E-state index contributed by atoms with van der Waals surface area (Å²) in [4.78, 5) is 0. The lowest BCUT2D eigenvalue weighted by molar-refractivity contribution is -0.0653. The van der Waals surface area contributed by atoms with Gasteiger partial charge < -0.3 is 10.5 Å². The first-order valence-corrected chi connectivity index (χ1v) is 3.52. The monoisotopic (exact) mass is 129 g/mol. The lowest BCUT2D eigenvalue weighted by atomic mass is 9.93. The second-order valence-electron chi connectivity index (χ2n) is 3.20. The molecule has 9 heavy (non-hydrogen) atoms. The van der Waals surface area contributed by atoms with Crippen LogP contribution >= 0.6 is 0 Å². The first-order chi connectivity index (χ1) is 4.13. The highest BCUT2D eigenvalue weighted by atomic mass is 16.5. The molecule has 2 heteroatoms. The van der Waals surface area contributed by atoms with Crippen molar-refractivity contribution in [2.75, 3.05) is 6.61 Å². The molecule has 1 rings (SSSR count). The van der Waals surface area contributed by atoms with Crippen LogP contribution in [0.1, 0.15) is 26.7 Å². The molecule has 1 fully saturated rings. The summed E-state index contributed by atoms with van der Waals surface area (Å²) in [5, 5.41) is 0. The van der Waals surface area contributed by atoms with Crippen LogP contribution < -0.4 is 5.73 Å². The van der Waals surface area contributed by atoms with E-state index in [2.05, 4.69) is 13.8 Å². The van der Waals surface area contributed by atoms with E-state index in [0.717, 1.165) is 19.4 Å². The van der Waals surface area contributed by atoms with Crippen molar-refractivity contribution in [1.29, 1.82) is 0 Å². The third kappa shape index (κ3) is 1.43. The predicted molar refractivity (Wildman–Crippen MR) is 37.2 cm³/mol. The van der Waals surface area contributed by atoms with Crippen molar-refractivity contribution in [2.45, 2.75) is 38.3 Å². The Balaban J connectivity index is 2.49. The van der Waals surface area contributed by atoms with Crippen molar-refractivity contribution in [3.8, 4) is 0 Å². The molecule has 1 unspecified atom stereocenters. The Hall–Kier alpha value is -0.0800. The second kappa shape index (κ2) is 2.27. The Kier molecular flexibility index (Phi) is 1.78. The average molecular weight is 129 g/mol. The quantitative estimate of drug-likeness (QED) is 0.527. The maximum atomic E-state index is 5.79. The summed E-state index contributed by atoms with van der Waals surface area (Å²) >= 11 is 0. The van der Waals surface area contributed by atoms with Crippen LogP contribution in [0.15, 0.2) is 0 Å². The minimum atomic E-state index is -0.0851. The van der Waals surface area contributed by atoms with E-state index in [4.69, 9.17) is 10.5 Å². The molecule has 54 valence electrons. The summed E-state index contributed by atoms with van der Waals surface area (Å²) in [5.74, 6) is 0. The summed E-state index contributed by atoms with van der Waals surface area (Å²) in [6, 6.07) is 0.228. The third-order valence-corrected chi connectivity index (χ3v) is 2.03. The molecule has 0 aromatic rings. The fraction of sp³-hybridized carbons (Fsp3) is 1.00. The fourth-order valence-electron chi connectivity index (χ4n) is 1.09. The van der Waals surface area contributed by atoms with Crippen molar-refractivity contribution in [2.24, 2.45) is 5.73 Å². The van der Waals surface area contributed by atoms with E-state index in [-0.39, 0.29) is 11.6 Å².